The van der Waals surface area contributed by atoms with Crippen molar-refractivity contribution in [2.45, 2.75) is 25.6 Å². The molecule has 0 saturated carbocycles. The molecule has 7 heteroatoms. The predicted octanol–water partition coefficient (Wildman–Crippen LogP) is 1.92. The molecule has 2 atom stereocenters. The molecule has 0 radical (unpaired) electrons. The molecular formula is C14H15F3N2O2. The summed E-state index contributed by atoms with van der Waals surface area (Å²) in [6.07, 6.45) is -0.661. The zero-order valence-electron chi connectivity index (χ0n) is 11.8. The maximum Gasteiger partial charge on any atom is 0.204 e. The molecule has 0 saturated heterocycles. The summed E-state index contributed by atoms with van der Waals surface area (Å²) in [7, 11) is 1.42. The van der Waals surface area contributed by atoms with Gasteiger partial charge in [-0.1, -0.05) is 6.07 Å². The minimum absolute atomic E-state index is 0.0157. The van der Waals surface area contributed by atoms with Crippen LogP contribution in [-0.4, -0.2) is 31.5 Å². The lowest BCUT2D eigenvalue weighted by atomic mass is 9.72. The van der Waals surface area contributed by atoms with Gasteiger partial charge < -0.3 is 4.74 Å². The normalized spacial score (nSPS) is 25.6. The third-order valence-electron chi connectivity index (χ3n) is 3.79. The highest BCUT2D eigenvalue weighted by atomic mass is 19.2. The first-order valence-electron chi connectivity index (χ1n) is 6.30. The summed E-state index contributed by atoms with van der Waals surface area (Å²) in [5.41, 5.74) is -1.43. The van der Waals surface area contributed by atoms with E-state index in [0.29, 0.717) is 0 Å². The maximum absolute atomic E-state index is 14.1. The predicted molar refractivity (Wildman–Crippen MR) is 70.6 cm³/mol. The molecule has 0 amide bonds. The van der Waals surface area contributed by atoms with Gasteiger partial charge in [-0.25, -0.2) is 18.2 Å². The lowest BCUT2D eigenvalue weighted by molar-refractivity contribution is -0.120. The molecular weight excluding hydrogens is 285 g/mol. The van der Waals surface area contributed by atoms with Crippen LogP contribution in [0.4, 0.5) is 13.2 Å². The van der Waals surface area contributed by atoms with E-state index in [1.165, 1.54) is 21.0 Å². The number of carbonyl (C=O) groups is 1. The Morgan fingerprint density at radius 2 is 2.05 bits per heavy atom. The Balaban J connectivity index is 2.66. The van der Waals surface area contributed by atoms with Gasteiger partial charge in [0.05, 0.1) is 0 Å². The molecule has 0 fully saturated rings. The number of hydrogen-bond acceptors (Lipinski definition) is 4. The van der Waals surface area contributed by atoms with E-state index in [4.69, 9.17) is 4.74 Å². The molecule has 2 unspecified atom stereocenters. The molecule has 0 bridgehead atoms. The fourth-order valence-electron chi connectivity index (χ4n) is 2.55. The number of rotatable bonds is 3. The topological polar surface area (TPSA) is 50.7 Å². The first-order chi connectivity index (χ1) is 9.84. The van der Waals surface area contributed by atoms with Crippen LogP contribution in [0.3, 0.4) is 0 Å². The number of hydrogen-bond donors (Lipinski definition) is 1. The largest absolute Gasteiger partial charge is 0.347 e. The molecule has 1 aromatic carbocycles. The Bertz CT molecular complexity index is 618. The van der Waals surface area contributed by atoms with Crippen LogP contribution in [0.25, 0.3) is 0 Å². The molecule has 2 rings (SSSR count). The highest BCUT2D eigenvalue weighted by Crippen LogP contribution is 2.33. The van der Waals surface area contributed by atoms with Gasteiger partial charge >= 0.3 is 0 Å². The summed E-state index contributed by atoms with van der Waals surface area (Å²) >= 11 is 0. The quantitative estimate of drug-likeness (QED) is 0.868. The Hall–Kier alpha value is -1.73. The monoisotopic (exact) mass is 300 g/mol. The van der Waals surface area contributed by atoms with Crippen LogP contribution in [-0.2, 0) is 14.9 Å². The van der Waals surface area contributed by atoms with Gasteiger partial charge in [0.25, 0.3) is 0 Å². The van der Waals surface area contributed by atoms with Crippen LogP contribution in [0.2, 0.25) is 0 Å². The number of ether oxygens (including phenoxy) is 1. The van der Waals surface area contributed by atoms with Crippen molar-refractivity contribution in [2.24, 2.45) is 4.99 Å². The fraction of sp³-hybridized carbons (Fsp3) is 0.429. The van der Waals surface area contributed by atoms with E-state index in [-0.39, 0.29) is 17.8 Å². The van der Waals surface area contributed by atoms with E-state index in [9.17, 15) is 18.0 Å². The first kappa shape index (κ1) is 15.7. The maximum atomic E-state index is 14.1. The molecule has 21 heavy (non-hydrogen) atoms. The number of nitrogens with one attached hydrogen (secondary N) is 1. The second kappa shape index (κ2) is 5.57. The van der Waals surface area contributed by atoms with Gasteiger partial charge in [0.2, 0.25) is 6.35 Å². The van der Waals surface area contributed by atoms with Crippen molar-refractivity contribution in [3.63, 3.8) is 0 Å². The molecule has 1 aliphatic rings. The number of aliphatic imine (C=N–C) groups is 1. The van der Waals surface area contributed by atoms with Gasteiger partial charge in [-0.15, -0.1) is 0 Å². The second-order valence-electron chi connectivity index (χ2n) is 4.87. The third-order valence-corrected chi connectivity index (χ3v) is 3.79. The van der Waals surface area contributed by atoms with Crippen LogP contribution in [0.15, 0.2) is 17.1 Å². The Labute approximate surface area is 120 Å². The number of benzene rings is 1. The van der Waals surface area contributed by atoms with E-state index in [0.717, 1.165) is 12.1 Å². The van der Waals surface area contributed by atoms with Crippen molar-refractivity contribution in [2.75, 3.05) is 13.7 Å². The van der Waals surface area contributed by atoms with E-state index in [1.54, 1.807) is 0 Å². The smallest absolute Gasteiger partial charge is 0.204 e. The molecule has 1 aliphatic heterocycles. The van der Waals surface area contributed by atoms with Crippen LogP contribution in [0.5, 0.6) is 0 Å². The standard InChI is InChI=1S/C14H15F3N2O2/c1-7-14(8(2)20,6-18-13(19-7)21-3)9-4-5-10(15)12(17)11(9)16/h4-5,13,18H,6H2,1-3H3. The Morgan fingerprint density at radius 3 is 2.57 bits per heavy atom. The van der Waals surface area contributed by atoms with E-state index < -0.39 is 35.0 Å². The minimum Gasteiger partial charge on any atom is -0.347 e. The summed E-state index contributed by atoms with van der Waals surface area (Å²) in [6, 6.07) is 1.87. The van der Waals surface area contributed by atoms with Gasteiger partial charge in [-0.3, -0.25) is 10.1 Å². The van der Waals surface area contributed by atoms with Crippen molar-refractivity contribution in [3.8, 4) is 0 Å². The summed E-state index contributed by atoms with van der Waals surface area (Å²) in [4.78, 5) is 16.3. The Kier molecular flexibility index (Phi) is 4.15. The van der Waals surface area contributed by atoms with Crippen LogP contribution in [0, 0.1) is 17.5 Å². The fourth-order valence-corrected chi connectivity index (χ4v) is 2.55. The molecule has 0 aliphatic carbocycles. The average Bonchev–Trinajstić information content (AvgIpc) is 2.45. The lowest BCUT2D eigenvalue weighted by Gasteiger charge is -2.37. The lowest BCUT2D eigenvalue weighted by Crippen LogP contribution is -2.56. The second-order valence-corrected chi connectivity index (χ2v) is 4.87. The molecule has 114 valence electrons. The SMILES string of the molecule is COC1N=C(C)C(C(C)=O)(c2ccc(F)c(F)c2F)CN1. The summed E-state index contributed by atoms with van der Waals surface area (Å²) in [5.74, 6) is -4.70. The van der Waals surface area contributed by atoms with Crippen LogP contribution >= 0.6 is 0 Å². The molecule has 4 nitrogen and oxygen atoms in total. The van der Waals surface area contributed by atoms with Crippen LogP contribution in [0.1, 0.15) is 19.4 Å². The summed E-state index contributed by atoms with van der Waals surface area (Å²) in [5, 5.41) is 2.82. The number of ketones is 1. The number of halogens is 3. The molecule has 1 N–H and O–H groups in total. The number of carbonyl (C=O) groups excluding carboxylic acids is 1. The van der Waals surface area contributed by atoms with Crippen molar-refractivity contribution in [1.29, 1.82) is 0 Å². The Morgan fingerprint density at radius 1 is 1.38 bits per heavy atom. The molecule has 0 aromatic heterocycles. The molecule has 0 spiro atoms. The zero-order valence-corrected chi connectivity index (χ0v) is 11.8. The van der Waals surface area contributed by atoms with Gasteiger partial charge in [0.15, 0.2) is 17.5 Å². The number of nitrogens with zero attached hydrogens (tertiary/aromatic N) is 1. The van der Waals surface area contributed by atoms with Gasteiger partial charge in [0.1, 0.15) is 11.2 Å². The molecule has 1 aromatic rings. The van der Waals surface area contributed by atoms with E-state index in [1.807, 2.05) is 0 Å². The highest BCUT2D eigenvalue weighted by molar-refractivity contribution is 6.14. The molecule has 1 heterocycles. The van der Waals surface area contributed by atoms with Gasteiger partial charge in [-0.05, 0) is 19.9 Å². The summed E-state index contributed by atoms with van der Waals surface area (Å²) in [6.45, 7) is 2.78. The zero-order chi connectivity index (χ0) is 15.8. The van der Waals surface area contributed by atoms with Crippen molar-refractivity contribution >= 4 is 11.5 Å². The number of methoxy groups -OCH3 is 1. The van der Waals surface area contributed by atoms with Crippen molar-refractivity contribution in [1.82, 2.24) is 5.32 Å². The van der Waals surface area contributed by atoms with Gasteiger partial charge in [-0.2, -0.15) is 0 Å². The highest BCUT2D eigenvalue weighted by Gasteiger charge is 2.46. The van der Waals surface area contributed by atoms with Crippen molar-refractivity contribution < 1.29 is 22.7 Å². The third kappa shape index (κ3) is 2.36. The van der Waals surface area contributed by atoms with Crippen LogP contribution < -0.4 is 5.32 Å². The number of Topliss-reactive ketones (excluding diaryl/α,β-unsaturated/α-hetero) is 1. The average molecular weight is 300 g/mol. The van der Waals surface area contributed by atoms with Crippen molar-refractivity contribution in [3.05, 3.63) is 35.1 Å². The summed E-state index contributed by atoms with van der Waals surface area (Å²) < 4.78 is 45.7. The van der Waals surface area contributed by atoms with E-state index in [2.05, 4.69) is 10.3 Å². The van der Waals surface area contributed by atoms with Gasteiger partial charge in [0, 0.05) is 24.9 Å². The minimum atomic E-state index is -1.60. The first-order valence-corrected chi connectivity index (χ1v) is 6.30. The van der Waals surface area contributed by atoms with E-state index >= 15 is 0 Å².